The summed E-state index contributed by atoms with van der Waals surface area (Å²) in [6.07, 6.45) is 2.46. The Morgan fingerprint density at radius 3 is 2.42 bits per heavy atom. The van der Waals surface area contributed by atoms with Crippen molar-refractivity contribution in [3.05, 3.63) is 59.7 Å². The number of hydrogen-bond donors (Lipinski definition) is 5. The Morgan fingerprint density at radius 2 is 1.82 bits per heavy atom. The quantitative estimate of drug-likeness (QED) is 0.347. The van der Waals surface area contributed by atoms with Crippen LogP contribution >= 0.6 is 0 Å². The summed E-state index contributed by atoms with van der Waals surface area (Å²) in [6, 6.07) is 15.0. The van der Waals surface area contributed by atoms with Gasteiger partial charge in [-0.2, -0.15) is 5.10 Å². The molecule has 1 aromatic heterocycles. The van der Waals surface area contributed by atoms with Crippen molar-refractivity contribution in [2.75, 3.05) is 28.6 Å². The fourth-order valence-electron chi connectivity index (χ4n) is 4.32. The van der Waals surface area contributed by atoms with E-state index >= 15 is 0 Å². The zero-order valence-electron chi connectivity index (χ0n) is 19.1. The normalized spacial score (nSPS) is 14.5. The highest BCUT2D eigenvalue weighted by molar-refractivity contribution is 6.03. The lowest BCUT2D eigenvalue weighted by Gasteiger charge is -2.35. The second kappa shape index (κ2) is 9.85. The number of carbonyl (C=O) groups excluding carboxylic acids is 1. The molecule has 1 aliphatic heterocycles. The van der Waals surface area contributed by atoms with Crippen LogP contribution in [-0.2, 0) is 6.54 Å². The second-order valence-corrected chi connectivity index (χ2v) is 8.95. The van der Waals surface area contributed by atoms with Gasteiger partial charge in [-0.1, -0.05) is 26.0 Å². The summed E-state index contributed by atoms with van der Waals surface area (Å²) in [5.74, 6) is 2.00. The van der Waals surface area contributed by atoms with Crippen molar-refractivity contribution in [1.82, 2.24) is 10.2 Å². The van der Waals surface area contributed by atoms with Gasteiger partial charge in [0.15, 0.2) is 5.82 Å². The molecule has 0 unspecified atom stereocenters. The highest BCUT2D eigenvalue weighted by atomic mass is 16.3. The number of nitrogens with two attached hydrogens (primary N) is 1. The summed E-state index contributed by atoms with van der Waals surface area (Å²) in [5.41, 5.74) is 8.89. The number of primary amides is 1. The molecule has 174 valence electrons. The fraction of sp³-hybridized carbons (Fsp3) is 0.360. The molecule has 8 heteroatoms. The van der Waals surface area contributed by atoms with E-state index in [1.165, 1.54) is 18.5 Å². The predicted molar refractivity (Wildman–Crippen MR) is 132 cm³/mol. The molecule has 0 radical (unpaired) electrons. The smallest absolute Gasteiger partial charge is 0.256 e. The summed E-state index contributed by atoms with van der Waals surface area (Å²) in [7, 11) is 0. The molecular weight excluding hydrogens is 416 g/mol. The molecule has 1 aliphatic rings. The molecule has 33 heavy (non-hydrogen) atoms. The van der Waals surface area contributed by atoms with Crippen molar-refractivity contribution < 1.29 is 9.90 Å². The summed E-state index contributed by atoms with van der Waals surface area (Å²) in [4.78, 5) is 14.6. The predicted octanol–water partition coefficient (Wildman–Crippen LogP) is 4.44. The third-order valence-electron chi connectivity index (χ3n) is 6.40. The minimum Gasteiger partial charge on any atom is -0.508 e. The molecule has 0 bridgehead atoms. The molecule has 6 N–H and O–H groups in total. The lowest BCUT2D eigenvalue weighted by atomic mass is 9.86. The first-order valence-electron chi connectivity index (χ1n) is 11.4. The number of anilines is 4. The van der Waals surface area contributed by atoms with Crippen LogP contribution in [0.3, 0.4) is 0 Å². The first-order chi connectivity index (χ1) is 15.9. The van der Waals surface area contributed by atoms with Gasteiger partial charge >= 0.3 is 0 Å². The van der Waals surface area contributed by atoms with E-state index in [4.69, 9.17) is 5.73 Å². The number of H-pyrrole nitrogens is 1. The lowest BCUT2D eigenvalue weighted by molar-refractivity contribution is 0.100. The first kappa shape index (κ1) is 22.5. The molecule has 1 fully saturated rings. The van der Waals surface area contributed by atoms with Crippen molar-refractivity contribution in [2.24, 2.45) is 17.6 Å². The highest BCUT2D eigenvalue weighted by Gasteiger charge is 2.22. The zero-order chi connectivity index (χ0) is 23.4. The number of rotatable bonds is 8. The molecule has 3 aromatic rings. The van der Waals surface area contributed by atoms with Crippen molar-refractivity contribution in [3.63, 3.8) is 0 Å². The van der Waals surface area contributed by atoms with Gasteiger partial charge in [-0.25, -0.2) is 0 Å². The average Bonchev–Trinajstić information content (AvgIpc) is 3.22. The molecule has 2 aromatic carbocycles. The molecule has 0 saturated carbocycles. The van der Waals surface area contributed by atoms with Crippen molar-refractivity contribution in [2.45, 2.75) is 33.2 Å². The minimum atomic E-state index is -0.580. The summed E-state index contributed by atoms with van der Waals surface area (Å²) in [6.45, 7) is 7.23. The average molecular weight is 449 g/mol. The number of hydrogen-bond acceptors (Lipinski definition) is 6. The van der Waals surface area contributed by atoms with Crippen LogP contribution in [-0.4, -0.2) is 34.3 Å². The third-order valence-corrected chi connectivity index (χ3v) is 6.40. The number of aromatic hydroxyl groups is 1. The van der Waals surface area contributed by atoms with E-state index in [1.807, 2.05) is 12.1 Å². The maximum absolute atomic E-state index is 12.1. The van der Waals surface area contributed by atoms with Crippen molar-refractivity contribution >= 4 is 28.9 Å². The largest absolute Gasteiger partial charge is 0.508 e. The lowest BCUT2D eigenvalue weighted by Crippen LogP contribution is -2.35. The van der Waals surface area contributed by atoms with Crippen LogP contribution < -0.4 is 21.3 Å². The molecule has 0 aliphatic carbocycles. The number of aromatic nitrogens is 2. The topological polar surface area (TPSA) is 119 Å². The van der Waals surface area contributed by atoms with Crippen molar-refractivity contribution in [3.8, 4) is 5.75 Å². The fourth-order valence-corrected chi connectivity index (χ4v) is 4.32. The number of piperidine rings is 1. The summed E-state index contributed by atoms with van der Waals surface area (Å²) >= 11 is 0. The Morgan fingerprint density at radius 1 is 1.15 bits per heavy atom. The van der Waals surface area contributed by atoms with E-state index in [0.717, 1.165) is 36.2 Å². The van der Waals surface area contributed by atoms with Gasteiger partial charge in [-0.05, 0) is 66.6 Å². The first-order valence-corrected chi connectivity index (χ1v) is 11.4. The number of phenols is 1. The number of nitrogens with zero attached hydrogens (tertiary/aromatic N) is 2. The van der Waals surface area contributed by atoms with Crippen LogP contribution in [0.4, 0.5) is 23.0 Å². The number of amides is 1. The zero-order valence-corrected chi connectivity index (χ0v) is 19.1. The monoisotopic (exact) mass is 448 g/mol. The molecule has 2 heterocycles. The van der Waals surface area contributed by atoms with Gasteiger partial charge in [0.2, 0.25) is 0 Å². The number of aromatic amines is 1. The van der Waals surface area contributed by atoms with Gasteiger partial charge < -0.3 is 26.4 Å². The van der Waals surface area contributed by atoms with Gasteiger partial charge in [-0.3, -0.25) is 9.89 Å². The SMILES string of the molecule is CC(C)C1CCN(c2ccc(Nc3n[nH]c(NCc4ccc(O)cc4)c3C(N)=O)cc2)CC1. The standard InChI is InChI=1S/C25H32N6O2/c1-16(2)18-11-13-31(14-12-18)20-7-5-19(6-8-20)28-25-22(23(26)33)24(29-30-25)27-15-17-3-9-21(32)10-4-17/h3-10,16,18,32H,11-15H2,1-2H3,(H2,26,33)(H3,27,28,29,30). The number of nitrogens with one attached hydrogen (secondary N) is 3. The van der Waals surface area contributed by atoms with E-state index in [2.05, 4.69) is 51.7 Å². The Balaban J connectivity index is 1.41. The third kappa shape index (κ3) is 5.39. The maximum atomic E-state index is 12.1. The molecule has 4 rings (SSSR count). The van der Waals surface area contributed by atoms with Crippen LogP contribution in [0.15, 0.2) is 48.5 Å². The molecule has 0 spiro atoms. The molecule has 8 nitrogen and oxygen atoms in total. The van der Waals surface area contributed by atoms with Crippen LogP contribution in [0.5, 0.6) is 5.75 Å². The van der Waals surface area contributed by atoms with Gasteiger partial charge in [0.25, 0.3) is 5.91 Å². The Labute approximate surface area is 194 Å². The van der Waals surface area contributed by atoms with E-state index < -0.39 is 5.91 Å². The minimum absolute atomic E-state index is 0.204. The summed E-state index contributed by atoms with van der Waals surface area (Å²) in [5, 5.41) is 22.9. The Kier molecular flexibility index (Phi) is 6.72. The second-order valence-electron chi connectivity index (χ2n) is 8.95. The molecular formula is C25H32N6O2. The van der Waals surface area contributed by atoms with Gasteiger partial charge in [0.1, 0.15) is 17.1 Å². The van der Waals surface area contributed by atoms with E-state index in [0.29, 0.717) is 18.2 Å². The van der Waals surface area contributed by atoms with E-state index in [-0.39, 0.29) is 11.3 Å². The van der Waals surface area contributed by atoms with Gasteiger partial charge in [0, 0.05) is 31.0 Å². The van der Waals surface area contributed by atoms with Crippen LogP contribution in [0.2, 0.25) is 0 Å². The Hall–Kier alpha value is -3.68. The maximum Gasteiger partial charge on any atom is 0.256 e. The van der Waals surface area contributed by atoms with Crippen LogP contribution in [0.25, 0.3) is 0 Å². The Bertz CT molecular complexity index is 1070. The summed E-state index contributed by atoms with van der Waals surface area (Å²) < 4.78 is 0. The number of benzene rings is 2. The van der Waals surface area contributed by atoms with Gasteiger partial charge in [0.05, 0.1) is 0 Å². The van der Waals surface area contributed by atoms with Gasteiger partial charge in [-0.15, -0.1) is 0 Å². The van der Waals surface area contributed by atoms with E-state index in [1.54, 1.807) is 24.3 Å². The van der Waals surface area contributed by atoms with E-state index in [9.17, 15) is 9.90 Å². The van der Waals surface area contributed by atoms with Crippen LogP contribution in [0, 0.1) is 11.8 Å². The highest BCUT2D eigenvalue weighted by Crippen LogP contribution is 2.30. The molecule has 0 atom stereocenters. The molecule has 1 saturated heterocycles. The van der Waals surface area contributed by atoms with Crippen molar-refractivity contribution in [1.29, 1.82) is 0 Å². The molecule has 1 amide bonds. The number of carbonyl (C=O) groups is 1. The number of phenolic OH excluding ortho intramolecular Hbond substituents is 1. The van der Waals surface area contributed by atoms with Crippen LogP contribution in [0.1, 0.15) is 42.6 Å².